The first-order chi connectivity index (χ1) is 16.9. The van der Waals surface area contributed by atoms with E-state index in [9.17, 15) is 10.1 Å². The van der Waals surface area contributed by atoms with E-state index in [2.05, 4.69) is 49.8 Å². The van der Waals surface area contributed by atoms with Crippen molar-refractivity contribution in [2.24, 2.45) is 0 Å². The lowest BCUT2D eigenvalue weighted by Gasteiger charge is -2.12. The largest absolute Gasteiger partial charge is 0.493 e. The number of nitrogens with zero attached hydrogens (tertiary/aromatic N) is 1. The number of hydrogen-bond acceptors (Lipinski definition) is 5. The summed E-state index contributed by atoms with van der Waals surface area (Å²) in [6.45, 7) is 0.524. The number of benzene rings is 3. The summed E-state index contributed by atoms with van der Waals surface area (Å²) in [6.07, 6.45) is 6.75. The normalized spacial score (nSPS) is 10.6. The third-order valence-corrected chi connectivity index (χ3v) is 5.99. The van der Waals surface area contributed by atoms with Crippen LogP contribution in [-0.4, -0.2) is 19.6 Å². The van der Waals surface area contributed by atoms with Gasteiger partial charge in [-0.2, -0.15) is 5.26 Å². The smallest absolute Gasteiger partial charge is 0.266 e. The van der Waals surface area contributed by atoms with Crippen LogP contribution in [0.25, 0.3) is 6.08 Å². The number of rotatable bonds is 9. The Bertz CT molecular complexity index is 1310. The Balaban J connectivity index is 1.68. The second-order valence-electron chi connectivity index (χ2n) is 7.09. The molecule has 6 nitrogen and oxygen atoms in total. The Morgan fingerprint density at radius 1 is 1.14 bits per heavy atom. The van der Waals surface area contributed by atoms with E-state index >= 15 is 0 Å². The molecule has 0 fully saturated rings. The molecule has 0 radical (unpaired) electrons. The summed E-state index contributed by atoms with van der Waals surface area (Å²) in [5.74, 6) is 3.50. The lowest BCUT2D eigenvalue weighted by molar-refractivity contribution is -0.112. The van der Waals surface area contributed by atoms with Crippen molar-refractivity contribution >= 4 is 56.2 Å². The zero-order valence-electron chi connectivity index (χ0n) is 18.7. The molecule has 3 rings (SSSR count). The highest BCUT2D eigenvalue weighted by molar-refractivity contribution is 14.1. The Kier molecular flexibility index (Phi) is 9.59. The molecule has 0 aliphatic heterocycles. The summed E-state index contributed by atoms with van der Waals surface area (Å²) in [6, 6.07) is 20.2. The van der Waals surface area contributed by atoms with Gasteiger partial charge < -0.3 is 19.5 Å². The fourth-order valence-electron chi connectivity index (χ4n) is 2.97. The fourth-order valence-corrected chi connectivity index (χ4v) is 4.02. The van der Waals surface area contributed by atoms with Crippen molar-refractivity contribution in [3.63, 3.8) is 0 Å². The van der Waals surface area contributed by atoms with Gasteiger partial charge in [-0.25, -0.2) is 0 Å². The van der Waals surface area contributed by atoms with E-state index in [0.29, 0.717) is 35.1 Å². The number of terminal acetylenes is 1. The highest BCUT2D eigenvalue weighted by atomic mass is 127. The molecule has 0 aliphatic rings. The van der Waals surface area contributed by atoms with E-state index in [1.165, 1.54) is 13.2 Å². The third-order valence-electron chi connectivity index (χ3n) is 4.66. The molecule has 0 spiro atoms. The molecule has 0 saturated carbocycles. The number of carbonyl (C=O) groups excluding carboxylic acids is 1. The molecule has 0 saturated heterocycles. The number of amides is 1. The maximum Gasteiger partial charge on any atom is 0.266 e. The average molecular weight is 643 g/mol. The van der Waals surface area contributed by atoms with Crippen LogP contribution in [0.5, 0.6) is 17.2 Å². The molecular formula is C27H20BrIN2O4. The molecule has 1 N–H and O–H groups in total. The summed E-state index contributed by atoms with van der Waals surface area (Å²) in [5.41, 5.74) is 2.13. The minimum absolute atomic E-state index is 0.0595. The molecule has 8 heteroatoms. The van der Waals surface area contributed by atoms with Crippen LogP contribution >= 0.6 is 38.5 Å². The number of carbonyl (C=O) groups is 1. The van der Waals surface area contributed by atoms with Crippen LogP contribution in [0.15, 0.2) is 70.7 Å². The van der Waals surface area contributed by atoms with E-state index in [0.717, 1.165) is 13.6 Å². The Morgan fingerprint density at radius 3 is 2.49 bits per heavy atom. The van der Waals surface area contributed by atoms with Gasteiger partial charge in [-0.15, -0.1) is 6.42 Å². The molecule has 176 valence electrons. The first kappa shape index (κ1) is 26.1. The highest BCUT2D eigenvalue weighted by Gasteiger charge is 2.14. The molecule has 0 atom stereocenters. The van der Waals surface area contributed by atoms with Crippen molar-refractivity contribution in [3.8, 4) is 35.7 Å². The summed E-state index contributed by atoms with van der Waals surface area (Å²) in [7, 11) is 1.51. The van der Waals surface area contributed by atoms with Crippen molar-refractivity contribution < 1.29 is 19.0 Å². The van der Waals surface area contributed by atoms with Crippen molar-refractivity contribution in [2.45, 2.75) is 6.61 Å². The molecule has 1 amide bonds. The second-order valence-corrected chi connectivity index (χ2v) is 9.17. The van der Waals surface area contributed by atoms with E-state index in [1.54, 1.807) is 36.4 Å². The zero-order valence-corrected chi connectivity index (χ0v) is 22.4. The molecular weight excluding hydrogens is 623 g/mol. The number of nitrogens with one attached hydrogen (secondary N) is 1. The summed E-state index contributed by atoms with van der Waals surface area (Å²) in [4.78, 5) is 12.7. The molecule has 0 unspecified atom stereocenters. The average Bonchev–Trinajstić information content (AvgIpc) is 2.86. The van der Waals surface area contributed by atoms with Gasteiger partial charge in [0, 0.05) is 10.2 Å². The Morgan fingerprint density at radius 2 is 1.86 bits per heavy atom. The third kappa shape index (κ3) is 7.51. The first-order valence-corrected chi connectivity index (χ1v) is 12.1. The number of methoxy groups -OCH3 is 1. The number of hydrogen-bond donors (Lipinski definition) is 1. The minimum Gasteiger partial charge on any atom is -0.493 e. The quantitative estimate of drug-likeness (QED) is 0.130. The van der Waals surface area contributed by atoms with E-state index < -0.39 is 5.91 Å². The van der Waals surface area contributed by atoms with Crippen molar-refractivity contribution in [1.29, 1.82) is 5.26 Å². The lowest BCUT2D eigenvalue weighted by atomic mass is 10.1. The molecule has 0 aromatic heterocycles. The number of halogens is 2. The van der Waals surface area contributed by atoms with E-state index in [-0.39, 0.29) is 12.2 Å². The molecule has 35 heavy (non-hydrogen) atoms. The predicted octanol–water partition coefficient (Wildman–Crippen LogP) is 6.20. The van der Waals surface area contributed by atoms with Crippen molar-refractivity contribution in [1.82, 2.24) is 0 Å². The standard InChI is InChI=1S/C27H20BrIN2O4/c1-3-12-34-26-24(29)14-19(15-25(26)33-2)13-20(16-30)27(32)31-22-8-10-23(11-9-22)35-17-18-4-6-21(28)7-5-18/h1,4-11,13-15H,12,17H2,2H3,(H,31,32)/b20-13+. The van der Waals surface area contributed by atoms with Gasteiger partial charge in [0.15, 0.2) is 11.5 Å². The predicted molar refractivity (Wildman–Crippen MR) is 147 cm³/mol. The molecule has 0 aliphatic carbocycles. The topological polar surface area (TPSA) is 80.6 Å². The second kappa shape index (κ2) is 12.8. The molecule has 3 aromatic rings. The van der Waals surface area contributed by atoms with Crippen LogP contribution in [0.3, 0.4) is 0 Å². The summed E-state index contributed by atoms with van der Waals surface area (Å²) in [5, 5.41) is 12.3. The molecule has 0 heterocycles. The fraction of sp³-hybridized carbons (Fsp3) is 0.111. The van der Waals surface area contributed by atoms with Gasteiger partial charge in [0.2, 0.25) is 0 Å². The number of ether oxygens (including phenoxy) is 3. The van der Waals surface area contributed by atoms with Crippen LogP contribution in [0.4, 0.5) is 5.69 Å². The highest BCUT2D eigenvalue weighted by Crippen LogP contribution is 2.34. The van der Waals surface area contributed by atoms with Gasteiger partial charge in [-0.3, -0.25) is 4.79 Å². The first-order valence-electron chi connectivity index (χ1n) is 10.3. The van der Waals surface area contributed by atoms with Crippen LogP contribution in [0, 0.1) is 27.2 Å². The van der Waals surface area contributed by atoms with Crippen LogP contribution in [0.1, 0.15) is 11.1 Å². The lowest BCUT2D eigenvalue weighted by Crippen LogP contribution is -2.13. The monoisotopic (exact) mass is 642 g/mol. The zero-order chi connectivity index (χ0) is 25.2. The SMILES string of the molecule is C#CCOc1c(I)cc(/C=C(\C#N)C(=O)Nc2ccc(OCc3ccc(Br)cc3)cc2)cc1OC. The summed E-state index contributed by atoms with van der Waals surface area (Å²) < 4.78 is 18.4. The van der Waals surface area contributed by atoms with E-state index in [4.69, 9.17) is 20.6 Å². The molecule has 0 bridgehead atoms. The van der Waals surface area contributed by atoms with Gasteiger partial charge in [-0.1, -0.05) is 34.0 Å². The van der Waals surface area contributed by atoms with Crippen molar-refractivity contribution in [3.05, 3.63) is 85.4 Å². The van der Waals surface area contributed by atoms with Crippen molar-refractivity contribution in [2.75, 3.05) is 19.0 Å². The maximum atomic E-state index is 12.7. The van der Waals surface area contributed by atoms with Crippen LogP contribution in [-0.2, 0) is 11.4 Å². The Labute approximate surface area is 226 Å². The van der Waals surface area contributed by atoms with E-state index in [1.807, 2.05) is 30.3 Å². The van der Waals surface area contributed by atoms with Crippen LogP contribution in [0.2, 0.25) is 0 Å². The van der Waals surface area contributed by atoms with Crippen LogP contribution < -0.4 is 19.5 Å². The van der Waals surface area contributed by atoms with Gasteiger partial charge in [0.25, 0.3) is 5.91 Å². The van der Waals surface area contributed by atoms with Gasteiger partial charge in [0.1, 0.15) is 30.6 Å². The number of nitriles is 1. The maximum absolute atomic E-state index is 12.7. The Hall–Kier alpha value is -3.47. The minimum atomic E-state index is -0.530. The number of anilines is 1. The van der Waals surface area contributed by atoms with Gasteiger partial charge in [-0.05, 0) is 88.3 Å². The van der Waals surface area contributed by atoms with Gasteiger partial charge >= 0.3 is 0 Å². The van der Waals surface area contributed by atoms with Gasteiger partial charge in [0.05, 0.1) is 10.7 Å². The molecule has 3 aromatic carbocycles. The summed E-state index contributed by atoms with van der Waals surface area (Å²) >= 11 is 5.49.